The molecule has 0 aliphatic heterocycles. The van der Waals surface area contributed by atoms with Crippen LogP contribution < -0.4 is 0 Å². The van der Waals surface area contributed by atoms with Crippen LogP contribution in [0, 0.1) is 0 Å². The number of hydrogen-bond donors (Lipinski definition) is 0. The lowest BCUT2D eigenvalue weighted by molar-refractivity contribution is -0.143. The lowest BCUT2D eigenvalue weighted by Crippen LogP contribution is -2.04. The molecular weight excluding hydrogens is 264 g/mol. The highest BCUT2D eigenvalue weighted by molar-refractivity contribution is 6.17. The fraction of sp³-hybridized carbons (Fsp3) is 0.467. The van der Waals surface area contributed by atoms with Crippen molar-refractivity contribution in [2.24, 2.45) is 0 Å². The third kappa shape index (κ3) is 5.88. The molecule has 3 nitrogen and oxygen atoms in total. The van der Waals surface area contributed by atoms with E-state index in [2.05, 4.69) is 0 Å². The SMILES string of the molecule is CCOC(=O)CCCCC(=O)c1ccc(CCl)cc1. The van der Waals surface area contributed by atoms with Gasteiger partial charge in [-0.15, -0.1) is 11.6 Å². The Labute approximate surface area is 118 Å². The van der Waals surface area contributed by atoms with Gasteiger partial charge in [0.25, 0.3) is 0 Å². The van der Waals surface area contributed by atoms with Crippen LogP contribution in [0.25, 0.3) is 0 Å². The van der Waals surface area contributed by atoms with Gasteiger partial charge in [0.15, 0.2) is 5.78 Å². The molecule has 0 N–H and O–H groups in total. The molecule has 104 valence electrons. The van der Waals surface area contributed by atoms with Crippen LogP contribution in [0.5, 0.6) is 0 Å². The Morgan fingerprint density at radius 3 is 2.32 bits per heavy atom. The van der Waals surface area contributed by atoms with Gasteiger partial charge in [0.05, 0.1) is 6.61 Å². The van der Waals surface area contributed by atoms with Crippen molar-refractivity contribution in [3.05, 3.63) is 35.4 Å². The van der Waals surface area contributed by atoms with Gasteiger partial charge in [0, 0.05) is 24.3 Å². The summed E-state index contributed by atoms with van der Waals surface area (Å²) in [7, 11) is 0. The minimum absolute atomic E-state index is 0.102. The first-order valence-corrected chi connectivity index (χ1v) is 7.04. The summed E-state index contributed by atoms with van der Waals surface area (Å²) in [6, 6.07) is 7.31. The predicted octanol–water partition coefficient (Wildman–Crippen LogP) is 3.73. The van der Waals surface area contributed by atoms with E-state index in [1.54, 1.807) is 19.1 Å². The van der Waals surface area contributed by atoms with E-state index < -0.39 is 0 Å². The average molecular weight is 283 g/mol. The van der Waals surface area contributed by atoms with Crippen molar-refractivity contribution in [1.29, 1.82) is 0 Å². The van der Waals surface area contributed by atoms with Crippen LogP contribution in [0.3, 0.4) is 0 Å². The monoisotopic (exact) mass is 282 g/mol. The van der Waals surface area contributed by atoms with Crippen LogP contribution in [0.1, 0.15) is 48.5 Å². The number of rotatable bonds is 8. The smallest absolute Gasteiger partial charge is 0.305 e. The molecule has 4 heteroatoms. The van der Waals surface area contributed by atoms with Gasteiger partial charge in [-0.2, -0.15) is 0 Å². The second kappa shape index (κ2) is 8.70. The summed E-state index contributed by atoms with van der Waals surface area (Å²) < 4.78 is 4.82. The zero-order valence-corrected chi connectivity index (χ0v) is 11.9. The first kappa shape index (κ1) is 15.7. The minimum Gasteiger partial charge on any atom is -0.466 e. The minimum atomic E-state index is -0.193. The molecule has 0 atom stereocenters. The molecule has 0 saturated heterocycles. The van der Waals surface area contributed by atoms with Crippen molar-refractivity contribution < 1.29 is 14.3 Å². The van der Waals surface area contributed by atoms with Gasteiger partial charge in [-0.05, 0) is 25.3 Å². The van der Waals surface area contributed by atoms with Crippen molar-refractivity contribution in [2.45, 2.75) is 38.5 Å². The number of unbranched alkanes of at least 4 members (excludes halogenated alkanes) is 1. The summed E-state index contributed by atoms with van der Waals surface area (Å²) in [4.78, 5) is 23.0. The number of hydrogen-bond acceptors (Lipinski definition) is 3. The number of esters is 1. The summed E-state index contributed by atoms with van der Waals surface area (Å²) in [5, 5.41) is 0. The van der Waals surface area contributed by atoms with Gasteiger partial charge in [0.1, 0.15) is 0 Å². The average Bonchev–Trinajstić information content (AvgIpc) is 2.44. The number of alkyl halides is 1. The highest BCUT2D eigenvalue weighted by atomic mass is 35.5. The Hall–Kier alpha value is -1.35. The third-order valence-corrected chi connectivity index (χ3v) is 3.08. The Kier molecular flexibility index (Phi) is 7.19. The summed E-state index contributed by atoms with van der Waals surface area (Å²) >= 11 is 5.69. The van der Waals surface area contributed by atoms with E-state index in [0.717, 1.165) is 5.56 Å². The second-order valence-electron chi connectivity index (χ2n) is 4.27. The lowest BCUT2D eigenvalue weighted by Gasteiger charge is -2.03. The highest BCUT2D eigenvalue weighted by Crippen LogP contribution is 2.11. The van der Waals surface area contributed by atoms with Gasteiger partial charge >= 0.3 is 5.97 Å². The number of Topliss-reactive ketones (excluding diaryl/α,β-unsaturated/α-hetero) is 1. The first-order valence-electron chi connectivity index (χ1n) is 6.51. The maximum Gasteiger partial charge on any atom is 0.305 e. The van der Waals surface area contributed by atoms with Gasteiger partial charge in [-0.3, -0.25) is 9.59 Å². The summed E-state index contributed by atoms with van der Waals surface area (Å²) in [6.07, 6.45) is 2.23. The fourth-order valence-electron chi connectivity index (χ4n) is 1.71. The van der Waals surface area contributed by atoms with E-state index in [0.29, 0.717) is 43.7 Å². The topological polar surface area (TPSA) is 43.4 Å². The largest absolute Gasteiger partial charge is 0.466 e. The molecule has 1 aromatic rings. The molecule has 0 aliphatic carbocycles. The number of ketones is 1. The van der Waals surface area contributed by atoms with Gasteiger partial charge in [-0.25, -0.2) is 0 Å². The molecule has 19 heavy (non-hydrogen) atoms. The first-order chi connectivity index (χ1) is 9.17. The molecule has 0 amide bonds. The van der Waals surface area contributed by atoms with Crippen molar-refractivity contribution in [3.63, 3.8) is 0 Å². The van der Waals surface area contributed by atoms with Crippen molar-refractivity contribution in [2.75, 3.05) is 6.61 Å². The Bertz CT molecular complexity index is 412. The molecule has 0 aliphatic rings. The number of halogens is 1. The number of ether oxygens (including phenoxy) is 1. The van der Waals surface area contributed by atoms with Crippen LogP contribution in [-0.2, 0) is 15.4 Å². The summed E-state index contributed by atoms with van der Waals surface area (Å²) in [6.45, 7) is 2.19. The zero-order valence-electron chi connectivity index (χ0n) is 11.2. The molecule has 0 bridgehead atoms. The van der Waals surface area contributed by atoms with E-state index in [-0.39, 0.29) is 11.8 Å². The predicted molar refractivity (Wildman–Crippen MR) is 75.4 cm³/mol. The van der Waals surface area contributed by atoms with Gasteiger partial charge in [-0.1, -0.05) is 24.3 Å². The molecule has 1 rings (SSSR count). The standard InChI is InChI=1S/C15H19ClO3/c1-2-19-15(18)6-4-3-5-14(17)13-9-7-12(11-16)8-10-13/h7-10H,2-6,11H2,1H3. The zero-order chi connectivity index (χ0) is 14.1. The molecule has 0 saturated carbocycles. The molecule has 0 fully saturated rings. The van der Waals surface area contributed by atoms with Crippen LogP contribution in [-0.4, -0.2) is 18.4 Å². The van der Waals surface area contributed by atoms with Crippen molar-refractivity contribution in [1.82, 2.24) is 0 Å². The van der Waals surface area contributed by atoms with Crippen LogP contribution in [0.15, 0.2) is 24.3 Å². The molecule has 0 radical (unpaired) electrons. The number of carbonyl (C=O) groups is 2. The number of carbonyl (C=O) groups excluding carboxylic acids is 2. The van der Waals surface area contributed by atoms with Crippen molar-refractivity contribution in [3.8, 4) is 0 Å². The van der Waals surface area contributed by atoms with E-state index in [1.807, 2.05) is 12.1 Å². The molecule has 1 aromatic carbocycles. The van der Waals surface area contributed by atoms with Crippen LogP contribution >= 0.6 is 11.6 Å². The maximum absolute atomic E-state index is 11.9. The van der Waals surface area contributed by atoms with Gasteiger partial charge < -0.3 is 4.74 Å². The van der Waals surface area contributed by atoms with Crippen molar-refractivity contribution >= 4 is 23.4 Å². The Morgan fingerprint density at radius 1 is 1.11 bits per heavy atom. The molecular formula is C15H19ClO3. The lowest BCUT2D eigenvalue weighted by atomic mass is 10.0. The van der Waals surface area contributed by atoms with E-state index in [9.17, 15) is 9.59 Å². The number of benzene rings is 1. The molecule has 0 aromatic heterocycles. The molecule has 0 heterocycles. The van der Waals surface area contributed by atoms with E-state index in [1.165, 1.54) is 0 Å². The van der Waals surface area contributed by atoms with Gasteiger partial charge in [0.2, 0.25) is 0 Å². The fourth-order valence-corrected chi connectivity index (χ4v) is 1.89. The summed E-state index contributed by atoms with van der Waals surface area (Å²) in [5.41, 5.74) is 1.70. The summed E-state index contributed by atoms with van der Waals surface area (Å²) in [5.74, 6) is 0.361. The maximum atomic E-state index is 11.9. The van der Waals surface area contributed by atoms with Crippen LogP contribution in [0.4, 0.5) is 0 Å². The molecule has 0 unspecified atom stereocenters. The normalized spacial score (nSPS) is 10.2. The highest BCUT2D eigenvalue weighted by Gasteiger charge is 2.07. The third-order valence-electron chi connectivity index (χ3n) is 2.77. The Balaban J connectivity index is 2.29. The molecule has 0 spiro atoms. The van der Waals surface area contributed by atoms with E-state index >= 15 is 0 Å². The quantitative estimate of drug-likeness (QED) is 0.316. The van der Waals surface area contributed by atoms with E-state index in [4.69, 9.17) is 16.3 Å². The second-order valence-corrected chi connectivity index (χ2v) is 4.53. The Morgan fingerprint density at radius 2 is 1.74 bits per heavy atom. The van der Waals surface area contributed by atoms with Crippen LogP contribution in [0.2, 0.25) is 0 Å².